The maximum atomic E-state index is 13.5. The summed E-state index contributed by atoms with van der Waals surface area (Å²) in [6.07, 6.45) is 2.07. The second kappa shape index (κ2) is 11.1. The average molecular weight is 464 g/mol. The van der Waals surface area contributed by atoms with Gasteiger partial charge in [0.25, 0.3) is 5.91 Å². The average Bonchev–Trinajstić information content (AvgIpc) is 3.15. The Morgan fingerprint density at radius 2 is 1.77 bits per heavy atom. The van der Waals surface area contributed by atoms with E-state index in [9.17, 15) is 4.79 Å². The summed E-state index contributed by atoms with van der Waals surface area (Å²) in [6, 6.07) is 12.2. The van der Waals surface area contributed by atoms with E-state index < -0.39 is 0 Å². The monoisotopic (exact) mass is 463 g/mol. The van der Waals surface area contributed by atoms with Gasteiger partial charge in [-0.05, 0) is 74.7 Å². The number of aromatic nitrogens is 1. The number of carbonyl (C=O) groups is 1. The second-order valence-electron chi connectivity index (χ2n) is 7.11. The van der Waals surface area contributed by atoms with Crippen LogP contribution in [0.15, 0.2) is 41.3 Å². The van der Waals surface area contributed by atoms with Gasteiger partial charge < -0.3 is 4.90 Å². The summed E-state index contributed by atoms with van der Waals surface area (Å²) in [7, 11) is 0. The van der Waals surface area contributed by atoms with Gasteiger partial charge in [0, 0.05) is 23.5 Å². The van der Waals surface area contributed by atoms with Crippen molar-refractivity contribution in [1.82, 2.24) is 9.88 Å². The quantitative estimate of drug-likeness (QED) is 0.381. The summed E-state index contributed by atoms with van der Waals surface area (Å²) in [4.78, 5) is 23.7. The molecular weight excluding hydrogens is 434 g/mol. The molecule has 3 aromatic rings. The lowest BCUT2D eigenvalue weighted by atomic mass is 10.1. The molecule has 2 aromatic carbocycles. The Morgan fingerprint density at radius 3 is 2.40 bits per heavy atom. The molecular formula is C23H30ClN3OS2. The highest BCUT2D eigenvalue weighted by atomic mass is 35.5. The Morgan fingerprint density at radius 1 is 1.03 bits per heavy atom. The van der Waals surface area contributed by atoms with Crippen molar-refractivity contribution in [2.75, 3.05) is 37.3 Å². The first-order chi connectivity index (χ1) is 14.0. The highest BCUT2D eigenvalue weighted by Crippen LogP contribution is 2.32. The SMILES string of the molecule is CCN(CC)CCN(C(=O)c1ccc(C)c(C)c1)c1nc2ccc(SC)cc2s1.Cl. The van der Waals surface area contributed by atoms with Gasteiger partial charge in [-0.1, -0.05) is 31.3 Å². The van der Waals surface area contributed by atoms with Gasteiger partial charge in [0.2, 0.25) is 0 Å². The van der Waals surface area contributed by atoms with Crippen LogP contribution in [-0.4, -0.2) is 48.2 Å². The summed E-state index contributed by atoms with van der Waals surface area (Å²) in [5, 5.41) is 0.772. The van der Waals surface area contributed by atoms with Crippen LogP contribution >= 0.6 is 35.5 Å². The number of halogens is 1. The van der Waals surface area contributed by atoms with Crippen LogP contribution in [0.5, 0.6) is 0 Å². The molecule has 0 aliphatic carbocycles. The van der Waals surface area contributed by atoms with Gasteiger partial charge in [-0.2, -0.15) is 0 Å². The van der Waals surface area contributed by atoms with Gasteiger partial charge in [0.15, 0.2) is 5.13 Å². The fourth-order valence-electron chi connectivity index (χ4n) is 3.23. The van der Waals surface area contributed by atoms with Gasteiger partial charge in [-0.15, -0.1) is 24.2 Å². The zero-order valence-electron chi connectivity index (χ0n) is 18.3. The minimum Gasteiger partial charge on any atom is -0.302 e. The molecule has 0 spiro atoms. The van der Waals surface area contributed by atoms with Crippen LogP contribution < -0.4 is 4.90 Å². The maximum Gasteiger partial charge on any atom is 0.260 e. The van der Waals surface area contributed by atoms with E-state index in [-0.39, 0.29) is 18.3 Å². The summed E-state index contributed by atoms with van der Waals surface area (Å²) in [6.45, 7) is 11.8. The van der Waals surface area contributed by atoms with Crippen LogP contribution in [0.4, 0.5) is 5.13 Å². The van der Waals surface area contributed by atoms with Crippen molar-refractivity contribution < 1.29 is 4.79 Å². The molecule has 1 heterocycles. The number of thioether (sulfide) groups is 1. The van der Waals surface area contributed by atoms with E-state index in [1.807, 2.05) is 36.1 Å². The van der Waals surface area contributed by atoms with Crippen molar-refractivity contribution in [3.63, 3.8) is 0 Å². The number of likely N-dealkylation sites (N-methyl/N-ethyl adjacent to an activating group) is 1. The van der Waals surface area contributed by atoms with Gasteiger partial charge in [-0.25, -0.2) is 4.98 Å². The smallest absolute Gasteiger partial charge is 0.260 e. The lowest BCUT2D eigenvalue weighted by molar-refractivity contribution is 0.0983. The number of amides is 1. The van der Waals surface area contributed by atoms with Crippen LogP contribution in [0, 0.1) is 13.8 Å². The van der Waals surface area contributed by atoms with E-state index in [0.29, 0.717) is 6.54 Å². The molecule has 0 saturated heterocycles. The number of thiazole rings is 1. The second-order valence-corrected chi connectivity index (χ2v) is 9.00. The first-order valence-electron chi connectivity index (χ1n) is 10.0. The zero-order chi connectivity index (χ0) is 21.0. The third-order valence-corrected chi connectivity index (χ3v) is 7.11. The Balaban J connectivity index is 0.00000320. The molecule has 4 nitrogen and oxygen atoms in total. The number of carbonyl (C=O) groups excluding carboxylic acids is 1. The third-order valence-electron chi connectivity index (χ3n) is 5.35. The number of hydrogen-bond donors (Lipinski definition) is 0. The molecule has 30 heavy (non-hydrogen) atoms. The number of rotatable bonds is 8. The molecule has 0 fully saturated rings. The van der Waals surface area contributed by atoms with E-state index in [0.717, 1.165) is 46.1 Å². The van der Waals surface area contributed by atoms with E-state index in [1.54, 1.807) is 23.1 Å². The zero-order valence-corrected chi connectivity index (χ0v) is 20.7. The molecule has 0 atom stereocenters. The van der Waals surface area contributed by atoms with Crippen LogP contribution in [0.1, 0.15) is 35.3 Å². The molecule has 0 saturated carbocycles. The molecule has 0 unspecified atom stereocenters. The van der Waals surface area contributed by atoms with Crippen molar-refractivity contribution >= 4 is 56.8 Å². The van der Waals surface area contributed by atoms with Crippen molar-refractivity contribution in [3.05, 3.63) is 53.1 Å². The van der Waals surface area contributed by atoms with Crippen LogP contribution in [-0.2, 0) is 0 Å². The molecule has 3 rings (SSSR count). The molecule has 162 valence electrons. The first kappa shape index (κ1) is 24.7. The molecule has 7 heteroatoms. The largest absolute Gasteiger partial charge is 0.302 e. The van der Waals surface area contributed by atoms with E-state index in [4.69, 9.17) is 4.98 Å². The lowest BCUT2D eigenvalue weighted by Crippen LogP contribution is -2.38. The molecule has 0 bridgehead atoms. The summed E-state index contributed by atoms with van der Waals surface area (Å²) < 4.78 is 1.12. The van der Waals surface area contributed by atoms with Crippen molar-refractivity contribution in [1.29, 1.82) is 0 Å². The number of fused-ring (bicyclic) bond motifs is 1. The molecule has 0 radical (unpaired) electrons. The first-order valence-corrected chi connectivity index (χ1v) is 12.1. The predicted molar refractivity (Wildman–Crippen MR) is 134 cm³/mol. The number of aryl methyl sites for hydroxylation is 2. The molecule has 0 aliphatic rings. The van der Waals surface area contributed by atoms with E-state index in [1.165, 1.54) is 10.5 Å². The normalized spacial score (nSPS) is 11.0. The Bertz CT molecular complexity index is 1000. The number of anilines is 1. The van der Waals surface area contributed by atoms with Gasteiger partial charge in [-0.3, -0.25) is 9.69 Å². The lowest BCUT2D eigenvalue weighted by Gasteiger charge is -2.25. The topological polar surface area (TPSA) is 36.4 Å². The Labute approximate surface area is 194 Å². The number of benzene rings is 2. The van der Waals surface area contributed by atoms with E-state index in [2.05, 4.69) is 44.1 Å². The summed E-state index contributed by atoms with van der Waals surface area (Å²) in [5.74, 6) is 0.0180. The van der Waals surface area contributed by atoms with E-state index >= 15 is 0 Å². The van der Waals surface area contributed by atoms with Crippen molar-refractivity contribution in [2.24, 2.45) is 0 Å². The fraction of sp³-hybridized carbons (Fsp3) is 0.391. The highest BCUT2D eigenvalue weighted by Gasteiger charge is 2.22. The van der Waals surface area contributed by atoms with Gasteiger partial charge in [0.05, 0.1) is 10.2 Å². The van der Waals surface area contributed by atoms with Crippen molar-refractivity contribution in [3.8, 4) is 0 Å². The molecule has 1 amide bonds. The number of nitrogens with zero attached hydrogens (tertiary/aromatic N) is 3. The standard InChI is InChI=1S/C23H29N3OS2.ClH/c1-6-25(7-2)12-13-26(22(27)18-9-8-16(3)17(4)14-18)23-24-20-11-10-19(28-5)15-21(20)29-23;/h8-11,14-15H,6-7,12-13H2,1-5H3;1H. The molecule has 0 aliphatic heterocycles. The van der Waals surface area contributed by atoms with Crippen LogP contribution in [0.25, 0.3) is 10.2 Å². The fourth-order valence-corrected chi connectivity index (χ4v) is 4.77. The minimum atomic E-state index is 0. The van der Waals surface area contributed by atoms with Gasteiger partial charge in [0.1, 0.15) is 0 Å². The Kier molecular flexibility index (Phi) is 9.16. The highest BCUT2D eigenvalue weighted by molar-refractivity contribution is 7.98. The predicted octanol–water partition coefficient (Wildman–Crippen LogP) is 6.05. The minimum absolute atomic E-state index is 0. The molecule has 0 N–H and O–H groups in total. The molecule has 1 aromatic heterocycles. The number of hydrogen-bond acceptors (Lipinski definition) is 5. The maximum absolute atomic E-state index is 13.5. The summed E-state index contributed by atoms with van der Waals surface area (Å²) in [5.41, 5.74) is 3.99. The Hall–Kier alpha value is -1.60. The van der Waals surface area contributed by atoms with Crippen molar-refractivity contribution in [2.45, 2.75) is 32.6 Å². The third kappa shape index (κ3) is 5.55. The van der Waals surface area contributed by atoms with Gasteiger partial charge >= 0.3 is 0 Å². The van der Waals surface area contributed by atoms with Crippen LogP contribution in [0.2, 0.25) is 0 Å². The van der Waals surface area contributed by atoms with Crippen LogP contribution in [0.3, 0.4) is 0 Å². The summed E-state index contributed by atoms with van der Waals surface area (Å²) >= 11 is 3.31.